The maximum atomic E-state index is 12.8. The Morgan fingerprint density at radius 2 is 1.86 bits per heavy atom. The number of para-hydroxylation sites is 1. The fourth-order valence-corrected chi connectivity index (χ4v) is 5.49. The van der Waals surface area contributed by atoms with Crippen molar-refractivity contribution in [1.29, 1.82) is 0 Å². The SMILES string of the molecule is C=C1C[S@@](=O)[C@H]2[C@@H](NC(=O)COc3ccccc3)C(=O)N2[C@H]1C(=O)OCc1ccc([N+](=O)[O-])cc1. The van der Waals surface area contributed by atoms with Crippen molar-refractivity contribution in [3.8, 4) is 5.75 Å². The van der Waals surface area contributed by atoms with E-state index in [1.165, 1.54) is 24.3 Å². The first kappa shape index (κ1) is 24.1. The van der Waals surface area contributed by atoms with Crippen LogP contribution in [0, 0.1) is 10.1 Å². The van der Waals surface area contributed by atoms with Gasteiger partial charge < -0.3 is 19.7 Å². The van der Waals surface area contributed by atoms with Gasteiger partial charge in [-0.3, -0.25) is 23.9 Å². The highest BCUT2D eigenvalue weighted by atomic mass is 32.2. The molecule has 35 heavy (non-hydrogen) atoms. The van der Waals surface area contributed by atoms with E-state index >= 15 is 0 Å². The molecular weight excluding hydrogens is 478 g/mol. The summed E-state index contributed by atoms with van der Waals surface area (Å²) in [5, 5.41) is 12.4. The molecule has 12 heteroatoms. The standard InChI is InChI=1S/C23H21N3O8S/c1-14-13-35(32)22-19(24-18(27)12-33-17-5-3-2-4-6-17)21(28)25(22)20(14)23(29)34-11-15-7-9-16(10-8-15)26(30)31/h2-10,19-20,22H,1,11-13H2,(H,24,27)/t19-,20+,22-,35+/m0/s1. The molecule has 0 aliphatic carbocycles. The van der Waals surface area contributed by atoms with E-state index in [1.54, 1.807) is 30.3 Å². The van der Waals surface area contributed by atoms with Gasteiger partial charge in [-0.25, -0.2) is 4.79 Å². The van der Waals surface area contributed by atoms with Crippen LogP contribution in [-0.4, -0.2) is 61.6 Å². The van der Waals surface area contributed by atoms with Gasteiger partial charge in [-0.05, 0) is 35.4 Å². The topological polar surface area (TPSA) is 145 Å². The van der Waals surface area contributed by atoms with Gasteiger partial charge in [-0.15, -0.1) is 0 Å². The van der Waals surface area contributed by atoms with Crippen molar-refractivity contribution in [3.63, 3.8) is 0 Å². The Morgan fingerprint density at radius 1 is 1.17 bits per heavy atom. The lowest BCUT2D eigenvalue weighted by molar-refractivity contribution is -0.384. The number of ether oxygens (including phenoxy) is 2. The summed E-state index contributed by atoms with van der Waals surface area (Å²) < 4.78 is 23.4. The van der Waals surface area contributed by atoms with Gasteiger partial charge in [0.2, 0.25) is 5.91 Å². The van der Waals surface area contributed by atoms with E-state index in [-0.39, 0.29) is 30.2 Å². The summed E-state index contributed by atoms with van der Waals surface area (Å²) in [6.07, 6.45) is 0. The zero-order valence-electron chi connectivity index (χ0n) is 18.3. The summed E-state index contributed by atoms with van der Waals surface area (Å²) in [7, 11) is -1.57. The number of hydrogen-bond acceptors (Lipinski definition) is 8. The van der Waals surface area contributed by atoms with E-state index in [4.69, 9.17) is 9.47 Å². The van der Waals surface area contributed by atoms with E-state index in [2.05, 4.69) is 11.9 Å². The van der Waals surface area contributed by atoms with E-state index in [0.717, 1.165) is 4.90 Å². The molecule has 4 rings (SSSR count). The minimum absolute atomic E-state index is 0.0291. The number of hydrogen-bond donors (Lipinski definition) is 1. The Bertz CT molecular complexity index is 1200. The molecule has 2 aliphatic heterocycles. The number of benzene rings is 2. The Balaban J connectivity index is 1.36. The molecule has 2 aliphatic rings. The van der Waals surface area contributed by atoms with Crippen LogP contribution < -0.4 is 10.1 Å². The molecule has 2 saturated heterocycles. The molecule has 0 aromatic heterocycles. The van der Waals surface area contributed by atoms with Crippen molar-refractivity contribution in [2.24, 2.45) is 0 Å². The van der Waals surface area contributed by atoms with Gasteiger partial charge in [-0.2, -0.15) is 0 Å². The molecule has 0 bridgehead atoms. The molecule has 0 spiro atoms. The van der Waals surface area contributed by atoms with Crippen LogP contribution in [0.2, 0.25) is 0 Å². The average molecular weight is 500 g/mol. The Kier molecular flexibility index (Phi) is 6.92. The summed E-state index contributed by atoms with van der Waals surface area (Å²) in [6.45, 7) is 3.28. The fraction of sp³-hybridized carbons (Fsp3) is 0.261. The van der Waals surface area contributed by atoms with Gasteiger partial charge in [-0.1, -0.05) is 24.8 Å². The molecule has 0 unspecified atom stereocenters. The normalized spacial score (nSPS) is 23.0. The minimum Gasteiger partial charge on any atom is -0.484 e. The summed E-state index contributed by atoms with van der Waals surface area (Å²) in [4.78, 5) is 49.2. The van der Waals surface area contributed by atoms with Crippen LogP contribution in [0.5, 0.6) is 5.75 Å². The summed E-state index contributed by atoms with van der Waals surface area (Å²) >= 11 is 0. The molecule has 182 valence electrons. The zero-order valence-corrected chi connectivity index (χ0v) is 19.1. The van der Waals surface area contributed by atoms with Crippen molar-refractivity contribution >= 4 is 34.3 Å². The number of fused-ring (bicyclic) bond motifs is 1. The van der Waals surface area contributed by atoms with Crippen LogP contribution in [0.15, 0.2) is 66.7 Å². The Hall–Kier alpha value is -4.06. The number of rotatable bonds is 8. The predicted molar refractivity (Wildman–Crippen MR) is 123 cm³/mol. The number of carbonyl (C=O) groups is 3. The van der Waals surface area contributed by atoms with E-state index < -0.39 is 51.0 Å². The number of esters is 1. The highest BCUT2D eigenvalue weighted by Gasteiger charge is 2.59. The molecule has 0 radical (unpaired) electrons. The largest absolute Gasteiger partial charge is 0.484 e. The van der Waals surface area contributed by atoms with Gasteiger partial charge in [0, 0.05) is 17.9 Å². The van der Waals surface area contributed by atoms with Crippen molar-refractivity contribution in [1.82, 2.24) is 10.2 Å². The first-order valence-corrected chi connectivity index (χ1v) is 11.9. The lowest BCUT2D eigenvalue weighted by Crippen LogP contribution is -2.77. The third-order valence-electron chi connectivity index (χ3n) is 5.52. The lowest BCUT2D eigenvalue weighted by Gasteiger charge is -2.52. The number of nitro benzene ring substituents is 1. The molecule has 0 saturated carbocycles. The quantitative estimate of drug-likeness (QED) is 0.187. The zero-order chi connectivity index (χ0) is 25.1. The molecule has 2 amide bonds. The maximum absolute atomic E-state index is 12.8. The second-order valence-electron chi connectivity index (χ2n) is 7.90. The molecular formula is C23H21N3O8S. The molecule has 2 heterocycles. The van der Waals surface area contributed by atoms with Gasteiger partial charge in [0.1, 0.15) is 23.8 Å². The number of non-ortho nitro benzene ring substituents is 1. The van der Waals surface area contributed by atoms with Crippen molar-refractivity contribution in [3.05, 3.63) is 82.4 Å². The number of carbonyl (C=O) groups excluding carboxylic acids is 3. The third-order valence-corrected chi connectivity index (χ3v) is 7.22. The van der Waals surface area contributed by atoms with E-state index in [0.29, 0.717) is 11.3 Å². The molecule has 2 aromatic rings. The minimum atomic E-state index is -1.57. The van der Waals surface area contributed by atoms with Crippen LogP contribution in [-0.2, 0) is 36.5 Å². The number of nitrogens with zero attached hydrogens (tertiary/aromatic N) is 2. The van der Waals surface area contributed by atoms with Gasteiger partial charge in [0.15, 0.2) is 12.6 Å². The van der Waals surface area contributed by atoms with Crippen LogP contribution in [0.25, 0.3) is 0 Å². The van der Waals surface area contributed by atoms with Crippen LogP contribution in [0.3, 0.4) is 0 Å². The Morgan fingerprint density at radius 3 is 2.51 bits per heavy atom. The highest BCUT2D eigenvalue weighted by Crippen LogP contribution is 2.34. The average Bonchev–Trinajstić information content (AvgIpc) is 2.85. The second kappa shape index (κ2) is 10.1. The fourth-order valence-electron chi connectivity index (χ4n) is 3.82. The predicted octanol–water partition coefficient (Wildman–Crippen LogP) is 1.06. The molecule has 2 fully saturated rings. The summed E-state index contributed by atoms with van der Waals surface area (Å²) in [6, 6.07) is 11.9. The summed E-state index contributed by atoms with van der Waals surface area (Å²) in [5.41, 5.74) is 0.683. The second-order valence-corrected chi connectivity index (χ2v) is 9.43. The van der Waals surface area contributed by atoms with Crippen LogP contribution in [0.4, 0.5) is 5.69 Å². The van der Waals surface area contributed by atoms with Crippen LogP contribution in [0.1, 0.15) is 5.56 Å². The first-order valence-electron chi connectivity index (χ1n) is 10.5. The monoisotopic (exact) mass is 499 g/mol. The van der Waals surface area contributed by atoms with Gasteiger partial charge in [0.05, 0.1) is 15.7 Å². The van der Waals surface area contributed by atoms with Crippen molar-refractivity contribution in [2.45, 2.75) is 24.1 Å². The molecule has 11 nitrogen and oxygen atoms in total. The molecule has 1 N–H and O–H groups in total. The molecule has 4 atom stereocenters. The van der Waals surface area contributed by atoms with Crippen molar-refractivity contribution in [2.75, 3.05) is 12.4 Å². The van der Waals surface area contributed by atoms with Crippen molar-refractivity contribution < 1.29 is 33.0 Å². The van der Waals surface area contributed by atoms with E-state index in [1.807, 2.05) is 0 Å². The molecule has 2 aromatic carbocycles. The summed E-state index contributed by atoms with van der Waals surface area (Å²) in [5.74, 6) is -1.45. The number of nitrogens with one attached hydrogen (secondary N) is 1. The number of amides is 2. The smallest absolute Gasteiger partial charge is 0.333 e. The van der Waals surface area contributed by atoms with Gasteiger partial charge >= 0.3 is 5.97 Å². The maximum Gasteiger partial charge on any atom is 0.333 e. The lowest BCUT2D eigenvalue weighted by atomic mass is 9.98. The Labute approximate surface area is 202 Å². The number of nitro groups is 1. The third kappa shape index (κ3) is 5.06. The van der Waals surface area contributed by atoms with Gasteiger partial charge in [0.25, 0.3) is 11.6 Å². The number of β-lactam (4-membered cyclic amide) rings is 1. The van der Waals surface area contributed by atoms with E-state index in [9.17, 15) is 28.7 Å². The highest BCUT2D eigenvalue weighted by molar-refractivity contribution is 7.86. The van der Waals surface area contributed by atoms with Crippen LogP contribution >= 0.6 is 0 Å². The first-order chi connectivity index (χ1) is 16.8.